The third-order valence-corrected chi connectivity index (χ3v) is 5.13. The van der Waals surface area contributed by atoms with Crippen LogP contribution in [0.15, 0.2) is 91.0 Å². The summed E-state index contributed by atoms with van der Waals surface area (Å²) in [6, 6.07) is 25.2. The Kier molecular flexibility index (Phi) is 3.98. The van der Waals surface area contributed by atoms with E-state index in [-0.39, 0.29) is 17.4 Å². The van der Waals surface area contributed by atoms with Gasteiger partial charge >= 0.3 is 0 Å². The first kappa shape index (κ1) is 17.3. The topological polar surface area (TPSA) is 22.0 Å². The van der Waals surface area contributed by atoms with E-state index >= 15 is 0 Å². The lowest BCUT2D eigenvalue weighted by Crippen LogP contribution is -2.05. The second kappa shape index (κ2) is 6.67. The highest BCUT2D eigenvalue weighted by atomic mass is 19.1. The number of aromatic nitrogens is 1. The summed E-state index contributed by atoms with van der Waals surface area (Å²) >= 11 is 0. The van der Waals surface area contributed by atoms with Gasteiger partial charge in [-0.1, -0.05) is 30.3 Å². The van der Waals surface area contributed by atoms with Crippen molar-refractivity contribution in [3.63, 3.8) is 0 Å². The fourth-order valence-corrected chi connectivity index (χ4v) is 3.82. The number of fused-ring (bicyclic) bond motifs is 3. The van der Waals surface area contributed by atoms with E-state index in [1.54, 1.807) is 18.2 Å². The second-order valence-electron chi connectivity index (χ2n) is 6.87. The van der Waals surface area contributed by atoms with Crippen molar-refractivity contribution in [3.05, 3.63) is 114 Å². The molecule has 0 N–H and O–H groups in total. The van der Waals surface area contributed by atoms with Gasteiger partial charge in [-0.05, 0) is 60.7 Å². The lowest BCUT2D eigenvalue weighted by atomic mass is 10.0. The molecular formula is C25H15F2NO. The van der Waals surface area contributed by atoms with E-state index in [0.29, 0.717) is 11.1 Å². The van der Waals surface area contributed by atoms with E-state index in [1.165, 1.54) is 36.4 Å². The Balaban J connectivity index is 1.85. The number of para-hydroxylation sites is 2. The summed E-state index contributed by atoms with van der Waals surface area (Å²) in [6.07, 6.45) is 0. The number of halogens is 2. The molecule has 0 bridgehead atoms. The third-order valence-electron chi connectivity index (χ3n) is 5.13. The summed E-state index contributed by atoms with van der Waals surface area (Å²) in [5.74, 6) is -0.904. The quantitative estimate of drug-likeness (QED) is 0.336. The predicted molar refractivity (Wildman–Crippen MR) is 111 cm³/mol. The number of carbonyl (C=O) groups excluding carboxylic acids is 1. The van der Waals surface area contributed by atoms with Gasteiger partial charge in [0.05, 0.1) is 11.0 Å². The molecule has 0 aliphatic rings. The summed E-state index contributed by atoms with van der Waals surface area (Å²) < 4.78 is 28.8. The molecule has 0 unspecified atom stereocenters. The number of hydrogen-bond acceptors (Lipinski definition) is 1. The van der Waals surface area contributed by atoms with Gasteiger partial charge < -0.3 is 4.57 Å². The maximum Gasteiger partial charge on any atom is 0.195 e. The zero-order chi connectivity index (χ0) is 20.0. The third kappa shape index (κ3) is 2.81. The van der Waals surface area contributed by atoms with E-state index in [0.717, 1.165) is 27.5 Å². The highest BCUT2D eigenvalue weighted by Crippen LogP contribution is 2.34. The molecule has 0 aliphatic heterocycles. The van der Waals surface area contributed by atoms with Crippen LogP contribution in [0.25, 0.3) is 27.5 Å². The molecule has 0 saturated heterocycles. The average molecular weight is 383 g/mol. The van der Waals surface area contributed by atoms with Crippen LogP contribution in [0, 0.1) is 11.6 Å². The fraction of sp³-hybridized carbons (Fsp3) is 0. The SMILES string of the molecule is O=C(c1ccc(F)cc1)c1cccc2c3ccccc3n(-c3ccc(F)cc3)c12. The first-order valence-electron chi connectivity index (χ1n) is 9.22. The van der Waals surface area contributed by atoms with Crippen LogP contribution in [-0.2, 0) is 0 Å². The van der Waals surface area contributed by atoms with Crippen molar-refractivity contribution in [2.75, 3.05) is 0 Å². The van der Waals surface area contributed by atoms with Crippen molar-refractivity contribution in [1.82, 2.24) is 4.57 Å². The lowest BCUT2D eigenvalue weighted by Gasteiger charge is -2.11. The van der Waals surface area contributed by atoms with E-state index in [2.05, 4.69) is 0 Å². The molecule has 0 aliphatic carbocycles. The monoisotopic (exact) mass is 383 g/mol. The molecule has 1 heterocycles. The Morgan fingerprint density at radius 3 is 2.00 bits per heavy atom. The molecule has 0 spiro atoms. The molecule has 0 saturated carbocycles. The summed E-state index contributed by atoms with van der Waals surface area (Å²) in [4.78, 5) is 13.3. The van der Waals surface area contributed by atoms with Crippen molar-refractivity contribution >= 4 is 27.6 Å². The van der Waals surface area contributed by atoms with Gasteiger partial charge in [0.15, 0.2) is 5.78 Å². The minimum Gasteiger partial charge on any atom is -0.308 e. The van der Waals surface area contributed by atoms with E-state index in [4.69, 9.17) is 0 Å². The smallest absolute Gasteiger partial charge is 0.195 e. The molecule has 2 nitrogen and oxygen atoms in total. The molecule has 1 aromatic heterocycles. The van der Waals surface area contributed by atoms with Crippen molar-refractivity contribution in [3.8, 4) is 5.69 Å². The molecule has 140 valence electrons. The number of hydrogen-bond donors (Lipinski definition) is 0. The minimum atomic E-state index is -0.389. The predicted octanol–water partition coefficient (Wildman–Crippen LogP) is 6.29. The fourth-order valence-electron chi connectivity index (χ4n) is 3.82. The molecule has 0 radical (unpaired) electrons. The number of rotatable bonds is 3. The van der Waals surface area contributed by atoms with E-state index in [9.17, 15) is 13.6 Å². The normalized spacial score (nSPS) is 11.2. The van der Waals surface area contributed by atoms with Gasteiger partial charge in [0.2, 0.25) is 0 Å². The Morgan fingerprint density at radius 1 is 0.655 bits per heavy atom. The van der Waals surface area contributed by atoms with Crippen LogP contribution in [0.3, 0.4) is 0 Å². The van der Waals surface area contributed by atoms with Crippen molar-refractivity contribution in [2.24, 2.45) is 0 Å². The first-order valence-corrected chi connectivity index (χ1v) is 9.22. The zero-order valence-electron chi connectivity index (χ0n) is 15.3. The standard InChI is InChI=1S/C25H15F2NO/c26-17-10-8-16(9-11-17)25(29)22-6-3-5-21-20-4-1-2-7-23(20)28(24(21)22)19-14-12-18(27)13-15-19/h1-15H. The highest BCUT2D eigenvalue weighted by molar-refractivity contribution is 6.21. The Hall–Kier alpha value is -3.79. The van der Waals surface area contributed by atoms with Crippen LogP contribution in [-0.4, -0.2) is 10.4 Å². The molecule has 0 amide bonds. The van der Waals surface area contributed by atoms with Crippen molar-refractivity contribution in [1.29, 1.82) is 0 Å². The van der Waals surface area contributed by atoms with Crippen molar-refractivity contribution < 1.29 is 13.6 Å². The number of carbonyl (C=O) groups is 1. The van der Waals surface area contributed by atoms with E-state index < -0.39 is 0 Å². The Bertz CT molecular complexity index is 1370. The summed E-state index contributed by atoms with van der Waals surface area (Å²) in [5, 5.41) is 1.93. The van der Waals surface area contributed by atoms with Gasteiger partial charge in [-0.2, -0.15) is 0 Å². The van der Waals surface area contributed by atoms with Crippen molar-refractivity contribution in [2.45, 2.75) is 0 Å². The summed E-state index contributed by atoms with van der Waals surface area (Å²) in [6.45, 7) is 0. The Labute approximate surface area is 165 Å². The van der Waals surface area contributed by atoms with Crippen LogP contribution in [0.4, 0.5) is 8.78 Å². The number of ketones is 1. The van der Waals surface area contributed by atoms with Gasteiger partial charge in [0, 0.05) is 27.6 Å². The van der Waals surface area contributed by atoms with Crippen LogP contribution < -0.4 is 0 Å². The van der Waals surface area contributed by atoms with Crippen LogP contribution >= 0.6 is 0 Å². The summed E-state index contributed by atoms with van der Waals surface area (Å²) in [5.41, 5.74) is 3.35. The largest absolute Gasteiger partial charge is 0.308 e. The van der Waals surface area contributed by atoms with E-state index in [1.807, 2.05) is 41.0 Å². The lowest BCUT2D eigenvalue weighted by molar-refractivity contribution is 0.104. The molecular weight excluding hydrogens is 368 g/mol. The molecule has 0 fully saturated rings. The van der Waals surface area contributed by atoms with Gasteiger partial charge in [-0.25, -0.2) is 8.78 Å². The molecule has 5 aromatic rings. The first-order chi connectivity index (χ1) is 14.1. The van der Waals surface area contributed by atoms with Crippen LogP contribution in [0.2, 0.25) is 0 Å². The molecule has 0 atom stereocenters. The van der Waals surface area contributed by atoms with Gasteiger partial charge in [0.1, 0.15) is 11.6 Å². The molecule has 4 aromatic carbocycles. The number of benzene rings is 4. The maximum atomic E-state index is 13.5. The Morgan fingerprint density at radius 2 is 1.28 bits per heavy atom. The average Bonchev–Trinajstić information content (AvgIpc) is 3.09. The number of nitrogens with zero attached hydrogens (tertiary/aromatic N) is 1. The zero-order valence-corrected chi connectivity index (χ0v) is 15.3. The van der Waals surface area contributed by atoms with Gasteiger partial charge in [-0.3, -0.25) is 4.79 Å². The second-order valence-corrected chi connectivity index (χ2v) is 6.87. The maximum absolute atomic E-state index is 13.5. The molecule has 4 heteroatoms. The highest BCUT2D eigenvalue weighted by Gasteiger charge is 2.19. The molecule has 29 heavy (non-hydrogen) atoms. The molecule has 5 rings (SSSR count). The summed E-state index contributed by atoms with van der Waals surface area (Å²) in [7, 11) is 0. The van der Waals surface area contributed by atoms with Crippen LogP contribution in [0.1, 0.15) is 15.9 Å². The minimum absolute atomic E-state index is 0.193. The van der Waals surface area contributed by atoms with Gasteiger partial charge in [-0.15, -0.1) is 0 Å². The van der Waals surface area contributed by atoms with Crippen LogP contribution in [0.5, 0.6) is 0 Å². The van der Waals surface area contributed by atoms with Gasteiger partial charge in [0.25, 0.3) is 0 Å².